The lowest BCUT2D eigenvalue weighted by Crippen LogP contribution is -2.17. The zero-order valence-corrected chi connectivity index (χ0v) is 12.7. The molecule has 1 unspecified atom stereocenters. The van der Waals surface area contributed by atoms with Gasteiger partial charge in [0.05, 0.1) is 12.1 Å². The zero-order chi connectivity index (χ0) is 13.9. The molecule has 0 spiro atoms. The van der Waals surface area contributed by atoms with Gasteiger partial charge in [0.15, 0.2) is 11.6 Å². The lowest BCUT2D eigenvalue weighted by atomic mass is 9.94. The summed E-state index contributed by atoms with van der Waals surface area (Å²) in [4.78, 5) is 5.96. The van der Waals surface area contributed by atoms with Gasteiger partial charge in [-0.15, -0.1) is 11.3 Å². The van der Waals surface area contributed by atoms with E-state index in [4.69, 9.17) is 4.74 Å². The molecule has 0 amide bonds. The third-order valence-corrected chi connectivity index (χ3v) is 4.49. The van der Waals surface area contributed by atoms with Crippen molar-refractivity contribution in [2.45, 2.75) is 45.3 Å². The molecule has 2 aromatic heterocycles. The summed E-state index contributed by atoms with van der Waals surface area (Å²) in [6.45, 7) is 4.07. The topological polar surface area (TPSA) is 34.1 Å². The highest BCUT2D eigenvalue weighted by atomic mass is 32.1. The Labute approximate surface area is 124 Å². The van der Waals surface area contributed by atoms with Crippen molar-refractivity contribution < 1.29 is 4.74 Å². The Bertz CT molecular complexity index is 579. The van der Waals surface area contributed by atoms with Crippen LogP contribution in [0.3, 0.4) is 0 Å². The molecule has 20 heavy (non-hydrogen) atoms. The quantitative estimate of drug-likeness (QED) is 0.904. The molecule has 106 valence electrons. The number of hydrogen-bond acceptors (Lipinski definition) is 4. The van der Waals surface area contributed by atoms with Crippen molar-refractivity contribution in [3.8, 4) is 5.75 Å². The minimum Gasteiger partial charge on any atom is -0.487 e. The third kappa shape index (κ3) is 2.80. The maximum absolute atomic E-state index is 5.83. The summed E-state index contributed by atoms with van der Waals surface area (Å²) in [6, 6.07) is 6.49. The van der Waals surface area contributed by atoms with E-state index in [0.29, 0.717) is 6.04 Å². The van der Waals surface area contributed by atoms with E-state index in [2.05, 4.69) is 21.7 Å². The van der Waals surface area contributed by atoms with Crippen LogP contribution in [0.5, 0.6) is 5.75 Å². The van der Waals surface area contributed by atoms with Gasteiger partial charge in [-0.05, 0) is 62.3 Å². The van der Waals surface area contributed by atoms with Gasteiger partial charge in [-0.3, -0.25) is 0 Å². The van der Waals surface area contributed by atoms with Crippen molar-refractivity contribution in [2.24, 2.45) is 0 Å². The molecular formula is C16H20N2OS. The standard InChI is InChI=1S/C16H20N2OS/c1-11(2)19-14-6-4-9-17-16(14)18-13-5-3-7-15-12(13)8-10-20-15/h4,6,8-11,13H,3,5,7H2,1-2H3,(H,17,18). The first-order valence-electron chi connectivity index (χ1n) is 7.18. The van der Waals surface area contributed by atoms with Crippen LogP contribution in [0, 0.1) is 0 Å². The fraction of sp³-hybridized carbons (Fsp3) is 0.438. The van der Waals surface area contributed by atoms with E-state index >= 15 is 0 Å². The Balaban J connectivity index is 1.82. The fourth-order valence-electron chi connectivity index (χ4n) is 2.65. The second kappa shape index (κ2) is 5.83. The van der Waals surface area contributed by atoms with Gasteiger partial charge in [0.1, 0.15) is 0 Å². The number of fused-ring (bicyclic) bond motifs is 1. The highest BCUT2D eigenvalue weighted by Crippen LogP contribution is 2.36. The molecule has 0 saturated carbocycles. The lowest BCUT2D eigenvalue weighted by Gasteiger charge is -2.25. The molecule has 0 bridgehead atoms. The van der Waals surface area contributed by atoms with Crippen molar-refractivity contribution in [1.29, 1.82) is 0 Å². The van der Waals surface area contributed by atoms with Crippen LogP contribution in [0.1, 0.15) is 43.2 Å². The molecule has 1 N–H and O–H groups in total. The first-order valence-corrected chi connectivity index (χ1v) is 8.06. The molecular weight excluding hydrogens is 268 g/mol. The van der Waals surface area contributed by atoms with Crippen molar-refractivity contribution >= 4 is 17.2 Å². The van der Waals surface area contributed by atoms with Crippen LogP contribution < -0.4 is 10.1 Å². The van der Waals surface area contributed by atoms with Gasteiger partial charge in [-0.25, -0.2) is 4.98 Å². The first kappa shape index (κ1) is 13.4. The summed E-state index contributed by atoms with van der Waals surface area (Å²) in [7, 11) is 0. The van der Waals surface area contributed by atoms with Crippen LogP contribution in [0.15, 0.2) is 29.8 Å². The Morgan fingerprint density at radius 1 is 1.40 bits per heavy atom. The molecule has 0 aromatic carbocycles. The monoisotopic (exact) mass is 288 g/mol. The molecule has 0 radical (unpaired) electrons. The zero-order valence-electron chi connectivity index (χ0n) is 11.9. The summed E-state index contributed by atoms with van der Waals surface area (Å²) >= 11 is 1.86. The van der Waals surface area contributed by atoms with E-state index in [1.54, 1.807) is 0 Å². The number of aryl methyl sites for hydroxylation is 1. The number of pyridine rings is 1. The number of nitrogens with one attached hydrogen (secondary N) is 1. The Morgan fingerprint density at radius 3 is 3.15 bits per heavy atom. The predicted molar refractivity (Wildman–Crippen MR) is 83.6 cm³/mol. The third-order valence-electron chi connectivity index (χ3n) is 3.50. The van der Waals surface area contributed by atoms with Crippen molar-refractivity contribution in [3.63, 3.8) is 0 Å². The molecule has 3 nitrogen and oxygen atoms in total. The molecule has 0 fully saturated rings. The summed E-state index contributed by atoms with van der Waals surface area (Å²) in [6.07, 6.45) is 5.57. The molecule has 1 atom stereocenters. The maximum Gasteiger partial charge on any atom is 0.169 e. The first-order chi connectivity index (χ1) is 9.74. The molecule has 1 aliphatic carbocycles. The van der Waals surface area contributed by atoms with Gasteiger partial charge in [-0.2, -0.15) is 0 Å². The van der Waals surface area contributed by atoms with E-state index in [9.17, 15) is 0 Å². The highest BCUT2D eigenvalue weighted by Gasteiger charge is 2.22. The minimum atomic E-state index is 0.155. The minimum absolute atomic E-state index is 0.155. The van der Waals surface area contributed by atoms with Crippen LogP contribution in [0.2, 0.25) is 0 Å². The van der Waals surface area contributed by atoms with E-state index < -0.39 is 0 Å². The molecule has 4 heteroatoms. The number of aromatic nitrogens is 1. The number of anilines is 1. The molecule has 1 aliphatic rings. The maximum atomic E-state index is 5.83. The van der Waals surface area contributed by atoms with Crippen molar-refractivity contribution in [3.05, 3.63) is 40.2 Å². The van der Waals surface area contributed by atoms with Crippen LogP contribution in [0.25, 0.3) is 0 Å². The van der Waals surface area contributed by atoms with E-state index in [1.807, 2.05) is 43.5 Å². The summed E-state index contributed by atoms with van der Waals surface area (Å²) in [5.74, 6) is 1.69. The normalized spacial score (nSPS) is 17.9. The van der Waals surface area contributed by atoms with Crippen molar-refractivity contribution in [1.82, 2.24) is 4.98 Å². The van der Waals surface area contributed by atoms with Crippen LogP contribution in [-0.2, 0) is 6.42 Å². The van der Waals surface area contributed by atoms with Gasteiger partial charge >= 0.3 is 0 Å². The van der Waals surface area contributed by atoms with Gasteiger partial charge in [0, 0.05) is 11.1 Å². The Kier molecular flexibility index (Phi) is 3.92. The highest BCUT2D eigenvalue weighted by molar-refractivity contribution is 7.10. The lowest BCUT2D eigenvalue weighted by molar-refractivity contribution is 0.242. The number of ether oxygens (including phenoxy) is 1. The fourth-order valence-corrected chi connectivity index (χ4v) is 3.64. The second-order valence-corrected chi connectivity index (χ2v) is 6.41. The number of thiophene rings is 1. The number of nitrogens with zero attached hydrogens (tertiary/aromatic N) is 1. The molecule has 0 saturated heterocycles. The van der Waals surface area contributed by atoms with Crippen LogP contribution in [-0.4, -0.2) is 11.1 Å². The van der Waals surface area contributed by atoms with Crippen LogP contribution in [0.4, 0.5) is 5.82 Å². The van der Waals surface area contributed by atoms with Crippen molar-refractivity contribution in [2.75, 3.05) is 5.32 Å². The predicted octanol–water partition coefficient (Wildman–Crippen LogP) is 4.42. The van der Waals surface area contributed by atoms with Gasteiger partial charge < -0.3 is 10.1 Å². The molecule has 3 rings (SSSR count). The molecule has 2 heterocycles. The second-order valence-electron chi connectivity index (χ2n) is 5.41. The molecule has 2 aromatic rings. The SMILES string of the molecule is CC(C)Oc1cccnc1NC1CCCc2sccc21. The average Bonchev–Trinajstić information content (AvgIpc) is 2.90. The Hall–Kier alpha value is -1.55. The van der Waals surface area contributed by atoms with E-state index in [-0.39, 0.29) is 6.10 Å². The molecule has 0 aliphatic heterocycles. The number of hydrogen-bond donors (Lipinski definition) is 1. The van der Waals surface area contributed by atoms with E-state index in [1.165, 1.54) is 23.3 Å². The summed E-state index contributed by atoms with van der Waals surface area (Å²) in [5, 5.41) is 5.76. The van der Waals surface area contributed by atoms with Crippen LogP contribution >= 0.6 is 11.3 Å². The van der Waals surface area contributed by atoms with Gasteiger partial charge in [0.2, 0.25) is 0 Å². The smallest absolute Gasteiger partial charge is 0.169 e. The average molecular weight is 288 g/mol. The van der Waals surface area contributed by atoms with Gasteiger partial charge in [0.25, 0.3) is 0 Å². The largest absolute Gasteiger partial charge is 0.487 e. The Morgan fingerprint density at radius 2 is 2.30 bits per heavy atom. The van der Waals surface area contributed by atoms with E-state index in [0.717, 1.165) is 18.0 Å². The number of rotatable bonds is 4. The van der Waals surface area contributed by atoms with Gasteiger partial charge in [-0.1, -0.05) is 0 Å². The summed E-state index contributed by atoms with van der Waals surface area (Å²) < 4.78 is 5.83. The summed E-state index contributed by atoms with van der Waals surface area (Å²) in [5.41, 5.74) is 1.43.